The average molecular weight is 955 g/mol. The van der Waals surface area contributed by atoms with Crippen molar-refractivity contribution in [3.63, 3.8) is 0 Å². The van der Waals surface area contributed by atoms with Gasteiger partial charge < -0.3 is 13.9 Å². The first kappa shape index (κ1) is 43.6. The Labute approximate surface area is 436 Å². The molecular weight excluding hydrogens is 909 g/mol. The van der Waals surface area contributed by atoms with E-state index < -0.39 is 0 Å². The van der Waals surface area contributed by atoms with Gasteiger partial charge in [0, 0.05) is 55.8 Å². The number of benzene rings is 11. The maximum atomic E-state index is 6.67. The van der Waals surface area contributed by atoms with Crippen LogP contribution in [0.1, 0.15) is 0 Å². The molecule has 75 heavy (non-hydrogen) atoms. The molecule has 12 aromatic carbocycles. The van der Waals surface area contributed by atoms with Crippen LogP contribution in [0.5, 0.6) is 0 Å². The van der Waals surface area contributed by atoms with E-state index in [1.165, 1.54) is 38.8 Å². The lowest BCUT2D eigenvalue weighted by molar-refractivity contribution is 0.670. The van der Waals surface area contributed by atoms with Gasteiger partial charge in [0.1, 0.15) is 5.58 Å². The van der Waals surface area contributed by atoms with E-state index in [9.17, 15) is 0 Å². The van der Waals surface area contributed by atoms with Gasteiger partial charge in [0.05, 0.1) is 22.3 Å². The Bertz CT molecular complexity index is 4260. The fraction of sp³-hybridized carbons (Fsp3) is 0. The summed E-state index contributed by atoms with van der Waals surface area (Å²) in [4.78, 5) is 2.34. The summed E-state index contributed by atoms with van der Waals surface area (Å²) in [7, 11) is 0. The molecule has 350 valence electrons. The van der Waals surface area contributed by atoms with Crippen molar-refractivity contribution in [1.82, 2.24) is 4.57 Å². The minimum atomic E-state index is 0.808. The van der Waals surface area contributed by atoms with Crippen LogP contribution in [0.15, 0.2) is 283 Å². The summed E-state index contributed by atoms with van der Waals surface area (Å²) < 4.78 is 9.13. The van der Waals surface area contributed by atoms with Gasteiger partial charge in [-0.15, -0.1) is 0 Å². The van der Waals surface area contributed by atoms with E-state index in [0.717, 1.165) is 94.5 Å². The Morgan fingerprint density at radius 1 is 0.333 bits per heavy atom. The van der Waals surface area contributed by atoms with E-state index >= 15 is 0 Å². The molecule has 0 unspecified atom stereocenters. The number of fused-ring (bicyclic) bond motifs is 6. The molecule has 0 N–H and O–H groups in total. The molecule has 0 bridgehead atoms. The number of aromatic nitrogens is 1. The van der Waals surface area contributed by atoms with E-state index in [1.807, 2.05) is 18.2 Å². The molecular formula is C72H46N2O. The monoisotopic (exact) mass is 954 g/mol. The van der Waals surface area contributed by atoms with Gasteiger partial charge in [0.2, 0.25) is 0 Å². The number of hydrogen-bond acceptors (Lipinski definition) is 2. The predicted molar refractivity (Wildman–Crippen MR) is 313 cm³/mol. The zero-order valence-electron chi connectivity index (χ0n) is 40.9. The second-order valence-electron chi connectivity index (χ2n) is 19.0. The molecule has 0 spiro atoms. The van der Waals surface area contributed by atoms with Gasteiger partial charge in [0.15, 0.2) is 5.58 Å². The van der Waals surface area contributed by atoms with Crippen LogP contribution in [0.4, 0.5) is 17.1 Å². The van der Waals surface area contributed by atoms with Crippen LogP contribution in [0.2, 0.25) is 0 Å². The third kappa shape index (κ3) is 7.72. The molecule has 0 saturated heterocycles. The maximum Gasteiger partial charge on any atom is 0.152 e. The van der Waals surface area contributed by atoms with Gasteiger partial charge in [-0.3, -0.25) is 0 Å². The molecule has 14 aromatic rings. The Morgan fingerprint density at radius 2 is 0.773 bits per heavy atom. The number of hydrogen-bond donors (Lipinski definition) is 0. The Hall–Kier alpha value is -10.1. The van der Waals surface area contributed by atoms with Crippen molar-refractivity contribution in [3.8, 4) is 72.4 Å². The van der Waals surface area contributed by atoms with Crippen molar-refractivity contribution < 1.29 is 4.42 Å². The van der Waals surface area contributed by atoms with E-state index in [1.54, 1.807) is 0 Å². The number of nitrogens with zero attached hydrogens (tertiary/aromatic N) is 2. The average Bonchev–Trinajstić information content (AvgIpc) is 4.08. The zero-order valence-corrected chi connectivity index (χ0v) is 40.9. The number of rotatable bonds is 10. The fourth-order valence-electron chi connectivity index (χ4n) is 11.1. The Kier molecular flexibility index (Phi) is 10.7. The summed E-state index contributed by atoms with van der Waals surface area (Å²) in [6, 6.07) is 107. The summed E-state index contributed by atoms with van der Waals surface area (Å²) in [5.74, 6) is 0. The minimum Gasteiger partial charge on any atom is -0.455 e. The van der Waals surface area contributed by atoms with E-state index in [-0.39, 0.29) is 0 Å². The Morgan fingerprint density at radius 3 is 1.39 bits per heavy atom. The normalized spacial score (nSPS) is 11.4. The smallest absolute Gasteiger partial charge is 0.152 e. The van der Waals surface area contributed by atoms with Crippen LogP contribution in [0.3, 0.4) is 0 Å². The molecule has 0 fully saturated rings. The third-order valence-corrected chi connectivity index (χ3v) is 14.7. The lowest BCUT2D eigenvalue weighted by Gasteiger charge is -2.26. The topological polar surface area (TPSA) is 21.3 Å². The van der Waals surface area contributed by atoms with Gasteiger partial charge >= 0.3 is 0 Å². The van der Waals surface area contributed by atoms with Crippen LogP contribution in [0.25, 0.3) is 116 Å². The molecule has 2 aromatic heterocycles. The summed E-state index contributed by atoms with van der Waals surface area (Å²) >= 11 is 0. The molecule has 0 aliphatic heterocycles. The molecule has 3 nitrogen and oxygen atoms in total. The van der Waals surface area contributed by atoms with E-state index in [2.05, 4.69) is 282 Å². The molecule has 2 heterocycles. The van der Waals surface area contributed by atoms with Crippen molar-refractivity contribution in [3.05, 3.63) is 291 Å². The predicted octanol–water partition coefficient (Wildman–Crippen LogP) is 19.8. The molecule has 0 amide bonds. The summed E-state index contributed by atoms with van der Waals surface area (Å²) in [5, 5.41) is 4.45. The maximum absolute atomic E-state index is 6.67. The van der Waals surface area contributed by atoms with Crippen LogP contribution in [-0.2, 0) is 0 Å². The Balaban J connectivity index is 0.857. The molecule has 14 rings (SSSR count). The SMILES string of the molecule is c1cc2c(oc3ccccc32)c(-c2cccc3c4c(-c5ccccc5)cccc4n(-c4ccccc4-c4ccc(-c5ccc(N(c6ccc(-c7ccccc7)cc6)c6ccc(-c7ccccc7)cc6)cc5)cc4)c23)c#1. The van der Waals surface area contributed by atoms with Crippen LogP contribution < -0.4 is 4.90 Å². The fourth-order valence-corrected chi connectivity index (χ4v) is 11.1. The van der Waals surface area contributed by atoms with Crippen LogP contribution >= 0.6 is 0 Å². The van der Waals surface area contributed by atoms with E-state index in [4.69, 9.17) is 4.42 Å². The first-order valence-electron chi connectivity index (χ1n) is 25.5. The first-order chi connectivity index (χ1) is 37.2. The number of para-hydroxylation sites is 3. The molecule has 0 saturated carbocycles. The number of furan rings is 1. The second kappa shape index (κ2) is 18.5. The largest absolute Gasteiger partial charge is 0.455 e. The highest BCUT2D eigenvalue weighted by atomic mass is 16.3. The number of anilines is 3. The standard InChI is InChI=1S/C72H46N2O/c1-4-17-49(18-5-1)52-37-43-57(44-38-52)73(58-45-39-53(40-46-58)50-19-6-2-7-20-50)59-47-41-54(42-48-59)51-33-35-56(36-34-51)60-23-10-12-30-67(60)74-68-31-16-25-61(55-21-8-3-9-22-55)70(68)66-29-14-26-63(71(66)74)65-28-15-27-64-62-24-11-13-32-69(62)75-72(64)65/h1-14,16-27,29-48H. The van der Waals surface area contributed by atoms with Crippen LogP contribution in [-0.4, -0.2) is 4.57 Å². The third-order valence-electron chi connectivity index (χ3n) is 14.7. The quantitative estimate of drug-likeness (QED) is 0.136. The second-order valence-corrected chi connectivity index (χ2v) is 19.0. The molecule has 3 heteroatoms. The molecule has 0 aliphatic carbocycles. The van der Waals surface area contributed by atoms with Gasteiger partial charge in [-0.05, 0) is 105 Å². The van der Waals surface area contributed by atoms with Crippen molar-refractivity contribution in [2.45, 2.75) is 0 Å². The first-order valence-corrected chi connectivity index (χ1v) is 25.5. The van der Waals surface area contributed by atoms with Crippen molar-refractivity contribution in [1.29, 1.82) is 0 Å². The van der Waals surface area contributed by atoms with Crippen LogP contribution in [0, 0.1) is 12.1 Å². The summed E-state index contributed by atoms with van der Waals surface area (Å²) in [5.41, 5.74) is 21.8. The highest BCUT2D eigenvalue weighted by Crippen LogP contribution is 2.46. The van der Waals surface area contributed by atoms with Crippen molar-refractivity contribution >= 4 is 60.8 Å². The highest BCUT2D eigenvalue weighted by Gasteiger charge is 2.23. The molecule has 0 aliphatic rings. The minimum absolute atomic E-state index is 0.808. The lowest BCUT2D eigenvalue weighted by Crippen LogP contribution is -2.09. The lowest BCUT2D eigenvalue weighted by atomic mass is 9.97. The van der Waals surface area contributed by atoms with Crippen molar-refractivity contribution in [2.75, 3.05) is 4.90 Å². The summed E-state index contributed by atoms with van der Waals surface area (Å²) in [6.45, 7) is 0. The van der Waals surface area contributed by atoms with Gasteiger partial charge in [-0.25, -0.2) is 0 Å². The van der Waals surface area contributed by atoms with Crippen molar-refractivity contribution in [2.24, 2.45) is 0 Å². The summed E-state index contributed by atoms with van der Waals surface area (Å²) in [6.07, 6.45) is 0. The van der Waals surface area contributed by atoms with Gasteiger partial charge in [-0.1, -0.05) is 231 Å². The zero-order chi connectivity index (χ0) is 49.7. The van der Waals surface area contributed by atoms with Gasteiger partial charge in [0.25, 0.3) is 0 Å². The highest BCUT2D eigenvalue weighted by molar-refractivity contribution is 6.21. The van der Waals surface area contributed by atoms with E-state index in [0.29, 0.717) is 0 Å². The molecule has 0 radical (unpaired) electrons. The van der Waals surface area contributed by atoms with Gasteiger partial charge in [-0.2, -0.15) is 0 Å². The molecule has 0 atom stereocenters.